The van der Waals surface area contributed by atoms with Gasteiger partial charge in [0.15, 0.2) is 0 Å². The number of halogens is 1. The molecule has 2 nitrogen and oxygen atoms in total. The number of carbonyl (C=O) groups is 1. The lowest BCUT2D eigenvalue weighted by atomic mass is 9.94. The molecule has 1 atom stereocenters. The fourth-order valence-electron chi connectivity index (χ4n) is 1.99. The predicted molar refractivity (Wildman–Crippen MR) is 77.3 cm³/mol. The van der Waals surface area contributed by atoms with Crippen molar-refractivity contribution in [1.82, 2.24) is 4.90 Å². The molecule has 1 aromatic carbocycles. The molecule has 0 spiro atoms. The smallest absolute Gasteiger partial charge is 0.138 e. The van der Waals surface area contributed by atoms with Crippen LogP contribution in [0.2, 0.25) is 5.02 Å². The molecule has 0 radical (unpaired) electrons. The van der Waals surface area contributed by atoms with E-state index in [1.807, 2.05) is 38.1 Å². The van der Waals surface area contributed by atoms with Crippen molar-refractivity contribution in [2.45, 2.75) is 33.1 Å². The van der Waals surface area contributed by atoms with E-state index in [4.69, 9.17) is 11.6 Å². The molecule has 0 N–H and O–H groups in total. The highest BCUT2D eigenvalue weighted by Gasteiger charge is 2.23. The van der Waals surface area contributed by atoms with E-state index in [9.17, 15) is 4.79 Å². The van der Waals surface area contributed by atoms with Crippen molar-refractivity contribution in [2.24, 2.45) is 0 Å². The van der Waals surface area contributed by atoms with Crippen molar-refractivity contribution in [3.05, 3.63) is 34.9 Å². The zero-order chi connectivity index (χ0) is 13.5. The number of hydrogen-bond acceptors (Lipinski definition) is 2. The van der Waals surface area contributed by atoms with Crippen LogP contribution in [0.25, 0.3) is 0 Å². The third-order valence-electron chi connectivity index (χ3n) is 3.15. The SMILES string of the molecule is CC.CC(=O)C(CN1CCC1)c1ccc(Cl)cc1. The third-order valence-corrected chi connectivity index (χ3v) is 3.40. The average Bonchev–Trinajstić information content (AvgIpc) is 2.32. The Morgan fingerprint density at radius 3 is 2.22 bits per heavy atom. The highest BCUT2D eigenvalue weighted by molar-refractivity contribution is 6.30. The molecule has 1 heterocycles. The third kappa shape index (κ3) is 4.11. The van der Waals surface area contributed by atoms with Crippen LogP contribution < -0.4 is 0 Å². The zero-order valence-electron chi connectivity index (χ0n) is 11.4. The second-order valence-corrected chi connectivity index (χ2v) is 4.81. The first-order valence-electron chi connectivity index (χ1n) is 6.65. The van der Waals surface area contributed by atoms with Crippen LogP contribution in [0.4, 0.5) is 0 Å². The van der Waals surface area contributed by atoms with Crippen LogP contribution in [-0.2, 0) is 4.79 Å². The van der Waals surface area contributed by atoms with Crippen molar-refractivity contribution in [1.29, 1.82) is 0 Å². The molecule has 1 unspecified atom stereocenters. The van der Waals surface area contributed by atoms with Crippen LogP contribution >= 0.6 is 11.6 Å². The van der Waals surface area contributed by atoms with Gasteiger partial charge in [-0.15, -0.1) is 0 Å². The maximum Gasteiger partial charge on any atom is 0.138 e. The summed E-state index contributed by atoms with van der Waals surface area (Å²) in [5.74, 6) is 0.229. The summed E-state index contributed by atoms with van der Waals surface area (Å²) in [5.41, 5.74) is 1.07. The van der Waals surface area contributed by atoms with Crippen molar-refractivity contribution in [3.8, 4) is 0 Å². The molecule has 0 saturated carbocycles. The number of ketones is 1. The van der Waals surface area contributed by atoms with E-state index in [1.54, 1.807) is 6.92 Å². The van der Waals surface area contributed by atoms with Gasteiger partial charge < -0.3 is 4.90 Å². The second kappa shape index (κ2) is 7.55. The largest absolute Gasteiger partial charge is 0.302 e. The van der Waals surface area contributed by atoms with Gasteiger partial charge in [-0.25, -0.2) is 0 Å². The topological polar surface area (TPSA) is 20.3 Å². The second-order valence-electron chi connectivity index (χ2n) is 4.37. The first-order valence-corrected chi connectivity index (χ1v) is 7.03. The number of rotatable bonds is 4. The summed E-state index contributed by atoms with van der Waals surface area (Å²) in [6, 6.07) is 7.61. The van der Waals surface area contributed by atoms with Gasteiger partial charge in [0.1, 0.15) is 5.78 Å². The fraction of sp³-hybridized carbons (Fsp3) is 0.533. The maximum atomic E-state index is 11.6. The first-order chi connectivity index (χ1) is 8.66. The number of likely N-dealkylation sites (tertiary alicyclic amines) is 1. The van der Waals surface area contributed by atoms with E-state index in [1.165, 1.54) is 6.42 Å². The summed E-state index contributed by atoms with van der Waals surface area (Å²) in [7, 11) is 0. The number of carbonyl (C=O) groups excluding carboxylic acids is 1. The summed E-state index contributed by atoms with van der Waals surface area (Å²) in [4.78, 5) is 14.0. The van der Waals surface area contributed by atoms with E-state index in [0.29, 0.717) is 0 Å². The molecule has 0 bridgehead atoms. The van der Waals surface area contributed by atoms with Gasteiger partial charge in [-0.3, -0.25) is 4.79 Å². The number of nitrogens with zero attached hydrogens (tertiary/aromatic N) is 1. The molecular weight excluding hydrogens is 246 g/mol. The number of hydrogen-bond donors (Lipinski definition) is 0. The van der Waals surface area contributed by atoms with Gasteiger partial charge in [0.05, 0.1) is 5.92 Å². The number of Topliss-reactive ketones (excluding diaryl/α,β-unsaturated/α-hetero) is 1. The van der Waals surface area contributed by atoms with Crippen LogP contribution in [0.15, 0.2) is 24.3 Å². The lowest BCUT2D eigenvalue weighted by molar-refractivity contribution is -0.119. The maximum absolute atomic E-state index is 11.6. The van der Waals surface area contributed by atoms with Gasteiger partial charge in [0.2, 0.25) is 0 Å². The molecular formula is C15H22ClNO. The van der Waals surface area contributed by atoms with Crippen LogP contribution in [0.5, 0.6) is 0 Å². The highest BCUT2D eigenvalue weighted by Crippen LogP contribution is 2.22. The zero-order valence-corrected chi connectivity index (χ0v) is 12.2. The minimum Gasteiger partial charge on any atom is -0.302 e. The molecule has 1 saturated heterocycles. The Morgan fingerprint density at radius 2 is 1.83 bits per heavy atom. The Kier molecular flexibility index (Phi) is 6.37. The van der Waals surface area contributed by atoms with Gasteiger partial charge in [-0.1, -0.05) is 37.6 Å². The van der Waals surface area contributed by atoms with Crippen LogP contribution in [0.1, 0.15) is 38.7 Å². The standard InChI is InChI=1S/C13H16ClNO.C2H6/c1-10(16)13(9-15-7-2-8-15)11-3-5-12(14)6-4-11;1-2/h3-6,13H,2,7-9H2,1H3;1-2H3. The minimum absolute atomic E-state index is 0.00225. The summed E-state index contributed by atoms with van der Waals surface area (Å²) in [5, 5.41) is 0.718. The normalized spacial score (nSPS) is 16.2. The Bertz CT molecular complexity index is 371. The van der Waals surface area contributed by atoms with Gasteiger partial charge in [-0.05, 0) is 44.1 Å². The fourth-order valence-corrected chi connectivity index (χ4v) is 2.11. The lowest BCUT2D eigenvalue weighted by Gasteiger charge is -2.33. The van der Waals surface area contributed by atoms with Crippen molar-refractivity contribution in [2.75, 3.05) is 19.6 Å². The Hall–Kier alpha value is -0.860. The van der Waals surface area contributed by atoms with E-state index in [-0.39, 0.29) is 11.7 Å². The van der Waals surface area contributed by atoms with Crippen LogP contribution in [-0.4, -0.2) is 30.3 Å². The Morgan fingerprint density at radius 1 is 1.28 bits per heavy atom. The van der Waals surface area contributed by atoms with Gasteiger partial charge in [0.25, 0.3) is 0 Å². The van der Waals surface area contributed by atoms with Gasteiger partial charge in [-0.2, -0.15) is 0 Å². The van der Waals surface area contributed by atoms with Crippen molar-refractivity contribution < 1.29 is 4.79 Å². The quantitative estimate of drug-likeness (QED) is 0.828. The molecule has 0 amide bonds. The molecule has 100 valence electrons. The summed E-state index contributed by atoms with van der Waals surface area (Å²) >= 11 is 5.84. The molecule has 0 aliphatic carbocycles. The van der Waals surface area contributed by atoms with E-state index < -0.39 is 0 Å². The van der Waals surface area contributed by atoms with E-state index in [0.717, 1.165) is 30.2 Å². The monoisotopic (exact) mass is 267 g/mol. The predicted octanol–water partition coefficient (Wildman–Crippen LogP) is 3.74. The summed E-state index contributed by atoms with van der Waals surface area (Å²) < 4.78 is 0. The van der Waals surface area contributed by atoms with Gasteiger partial charge >= 0.3 is 0 Å². The molecule has 1 aliphatic heterocycles. The van der Waals surface area contributed by atoms with Crippen molar-refractivity contribution >= 4 is 17.4 Å². The summed E-state index contributed by atoms with van der Waals surface area (Å²) in [6.07, 6.45) is 1.26. The highest BCUT2D eigenvalue weighted by atomic mass is 35.5. The Balaban J connectivity index is 0.000000771. The molecule has 1 fully saturated rings. The van der Waals surface area contributed by atoms with Crippen molar-refractivity contribution in [3.63, 3.8) is 0 Å². The number of benzene rings is 1. The van der Waals surface area contributed by atoms with Gasteiger partial charge in [0, 0.05) is 11.6 Å². The summed E-state index contributed by atoms with van der Waals surface area (Å²) in [6.45, 7) is 8.75. The molecule has 2 rings (SSSR count). The van der Waals surface area contributed by atoms with E-state index >= 15 is 0 Å². The molecule has 1 aliphatic rings. The lowest BCUT2D eigenvalue weighted by Crippen LogP contribution is -2.41. The van der Waals surface area contributed by atoms with Crippen LogP contribution in [0.3, 0.4) is 0 Å². The first kappa shape index (κ1) is 15.2. The van der Waals surface area contributed by atoms with E-state index in [2.05, 4.69) is 4.90 Å². The minimum atomic E-state index is -0.00225. The molecule has 18 heavy (non-hydrogen) atoms. The Labute approximate surface area is 115 Å². The van der Waals surface area contributed by atoms with Crippen LogP contribution in [0, 0.1) is 0 Å². The molecule has 1 aromatic rings. The molecule has 3 heteroatoms. The average molecular weight is 268 g/mol. The molecule has 0 aromatic heterocycles.